The Bertz CT molecular complexity index is 352. The topological polar surface area (TPSA) is 30.5 Å². The van der Waals surface area contributed by atoms with E-state index < -0.39 is 0 Å². The normalized spacial score (nSPS) is 15.6. The average Bonchev–Trinajstić information content (AvgIpc) is 2.76. The van der Waals surface area contributed by atoms with E-state index in [9.17, 15) is 0 Å². The van der Waals surface area contributed by atoms with Gasteiger partial charge in [-0.15, -0.1) is 0 Å². The number of hydrogen-bond donors (Lipinski definition) is 1. The van der Waals surface area contributed by atoms with Gasteiger partial charge in [-0.1, -0.05) is 12.1 Å². The fraction of sp³-hybridized carbons (Fsp3) is 0.538. The van der Waals surface area contributed by atoms with Gasteiger partial charge in [-0.3, -0.25) is 0 Å². The molecule has 0 aromatic heterocycles. The lowest BCUT2D eigenvalue weighted by molar-refractivity contribution is 0.117. The van der Waals surface area contributed by atoms with E-state index in [-0.39, 0.29) is 6.10 Å². The Balaban J connectivity index is 1.86. The van der Waals surface area contributed by atoms with Gasteiger partial charge >= 0.3 is 0 Å². The lowest BCUT2D eigenvalue weighted by Gasteiger charge is -2.11. The summed E-state index contributed by atoms with van der Waals surface area (Å²) in [5.74, 6) is 1.05. The molecular formula is C13H19NO2. The van der Waals surface area contributed by atoms with Crippen LogP contribution >= 0.6 is 0 Å². The second-order valence-corrected chi connectivity index (χ2v) is 4.22. The van der Waals surface area contributed by atoms with Crippen LogP contribution in [0.4, 0.5) is 0 Å². The summed E-state index contributed by atoms with van der Waals surface area (Å²) in [5.41, 5.74) is 2.65. The molecule has 0 saturated heterocycles. The van der Waals surface area contributed by atoms with Crippen molar-refractivity contribution in [2.75, 3.05) is 20.3 Å². The molecule has 1 aromatic rings. The fourth-order valence-corrected chi connectivity index (χ4v) is 1.85. The fourth-order valence-electron chi connectivity index (χ4n) is 1.85. The maximum atomic E-state index is 5.47. The first kappa shape index (κ1) is 11.4. The van der Waals surface area contributed by atoms with Gasteiger partial charge in [0.2, 0.25) is 0 Å². The molecule has 0 amide bonds. The van der Waals surface area contributed by atoms with E-state index in [1.165, 1.54) is 11.1 Å². The van der Waals surface area contributed by atoms with Gasteiger partial charge in [0.25, 0.3) is 0 Å². The summed E-state index contributed by atoms with van der Waals surface area (Å²) in [6.07, 6.45) is 1.30. The van der Waals surface area contributed by atoms with Crippen molar-refractivity contribution < 1.29 is 9.47 Å². The molecule has 0 radical (unpaired) electrons. The molecule has 16 heavy (non-hydrogen) atoms. The number of benzene rings is 1. The molecule has 0 spiro atoms. The molecule has 1 aromatic carbocycles. The lowest BCUT2D eigenvalue weighted by Crippen LogP contribution is -2.25. The van der Waals surface area contributed by atoms with Gasteiger partial charge in [-0.25, -0.2) is 0 Å². The minimum atomic E-state index is 0.262. The zero-order valence-corrected chi connectivity index (χ0v) is 9.95. The smallest absolute Gasteiger partial charge is 0.122 e. The highest BCUT2D eigenvalue weighted by Crippen LogP contribution is 2.25. The summed E-state index contributed by atoms with van der Waals surface area (Å²) >= 11 is 0. The third kappa shape index (κ3) is 2.74. The second kappa shape index (κ2) is 5.32. The predicted molar refractivity (Wildman–Crippen MR) is 63.8 cm³/mol. The van der Waals surface area contributed by atoms with E-state index in [4.69, 9.17) is 9.47 Å². The number of fused-ring (bicyclic) bond motifs is 1. The molecule has 2 rings (SSSR count). The molecule has 3 nitrogen and oxygen atoms in total. The van der Waals surface area contributed by atoms with Crippen molar-refractivity contribution in [2.24, 2.45) is 0 Å². The van der Waals surface area contributed by atoms with Crippen LogP contribution in [0.15, 0.2) is 18.2 Å². The van der Waals surface area contributed by atoms with Gasteiger partial charge < -0.3 is 14.8 Å². The van der Waals surface area contributed by atoms with Crippen molar-refractivity contribution in [1.29, 1.82) is 0 Å². The summed E-state index contributed by atoms with van der Waals surface area (Å²) in [6, 6.07) is 6.42. The van der Waals surface area contributed by atoms with Gasteiger partial charge in [-0.2, -0.15) is 0 Å². The van der Waals surface area contributed by atoms with E-state index in [0.29, 0.717) is 0 Å². The van der Waals surface area contributed by atoms with Gasteiger partial charge in [0.05, 0.1) is 12.7 Å². The Kier molecular flexibility index (Phi) is 3.80. The molecule has 0 saturated carbocycles. The van der Waals surface area contributed by atoms with E-state index >= 15 is 0 Å². The highest BCUT2D eigenvalue weighted by Gasteiger charge is 2.11. The Hall–Kier alpha value is -1.06. The van der Waals surface area contributed by atoms with Crippen LogP contribution in [0.5, 0.6) is 5.75 Å². The van der Waals surface area contributed by atoms with Crippen LogP contribution in [-0.4, -0.2) is 26.4 Å². The average molecular weight is 221 g/mol. The van der Waals surface area contributed by atoms with Crippen molar-refractivity contribution in [1.82, 2.24) is 5.32 Å². The number of rotatable bonds is 5. The van der Waals surface area contributed by atoms with Crippen LogP contribution in [0.2, 0.25) is 0 Å². The van der Waals surface area contributed by atoms with Crippen LogP contribution in [0.1, 0.15) is 18.1 Å². The first-order valence-electron chi connectivity index (χ1n) is 5.77. The SMILES string of the molecule is COC(C)CNCc1ccc2c(c1)CCO2. The molecule has 1 aliphatic heterocycles. The van der Waals surface area contributed by atoms with E-state index in [2.05, 4.69) is 30.4 Å². The zero-order chi connectivity index (χ0) is 11.4. The van der Waals surface area contributed by atoms with Crippen molar-refractivity contribution in [3.8, 4) is 5.75 Å². The highest BCUT2D eigenvalue weighted by atomic mass is 16.5. The van der Waals surface area contributed by atoms with Crippen LogP contribution in [0.3, 0.4) is 0 Å². The maximum Gasteiger partial charge on any atom is 0.122 e. The Morgan fingerprint density at radius 2 is 2.38 bits per heavy atom. The summed E-state index contributed by atoms with van der Waals surface area (Å²) in [7, 11) is 1.74. The summed E-state index contributed by atoms with van der Waals surface area (Å²) in [4.78, 5) is 0. The maximum absolute atomic E-state index is 5.47. The molecule has 88 valence electrons. The molecule has 0 fully saturated rings. The van der Waals surface area contributed by atoms with Crippen molar-refractivity contribution in [3.63, 3.8) is 0 Å². The number of ether oxygens (including phenoxy) is 2. The van der Waals surface area contributed by atoms with Crippen LogP contribution < -0.4 is 10.1 Å². The predicted octanol–water partition coefficient (Wildman–Crippen LogP) is 1.75. The van der Waals surface area contributed by atoms with Gasteiger partial charge in [0.15, 0.2) is 0 Å². The molecule has 1 aliphatic rings. The number of methoxy groups -OCH3 is 1. The first-order chi connectivity index (χ1) is 7.79. The summed E-state index contributed by atoms with van der Waals surface area (Å²) in [6.45, 7) is 4.65. The largest absolute Gasteiger partial charge is 0.493 e. The second-order valence-electron chi connectivity index (χ2n) is 4.22. The first-order valence-corrected chi connectivity index (χ1v) is 5.77. The Morgan fingerprint density at radius 3 is 3.19 bits per heavy atom. The van der Waals surface area contributed by atoms with Crippen LogP contribution in [0, 0.1) is 0 Å². The monoisotopic (exact) mass is 221 g/mol. The van der Waals surface area contributed by atoms with Gasteiger partial charge in [-0.05, 0) is 24.1 Å². The van der Waals surface area contributed by atoms with E-state index in [1.807, 2.05) is 0 Å². The van der Waals surface area contributed by atoms with Gasteiger partial charge in [0.1, 0.15) is 5.75 Å². The van der Waals surface area contributed by atoms with Gasteiger partial charge in [0, 0.05) is 26.6 Å². The van der Waals surface area contributed by atoms with Crippen molar-refractivity contribution in [2.45, 2.75) is 26.0 Å². The molecule has 1 unspecified atom stereocenters. The molecule has 1 atom stereocenters. The van der Waals surface area contributed by atoms with Crippen LogP contribution in [-0.2, 0) is 17.7 Å². The third-order valence-corrected chi connectivity index (χ3v) is 2.92. The summed E-state index contributed by atoms with van der Waals surface area (Å²) in [5, 5.41) is 3.38. The van der Waals surface area contributed by atoms with Crippen LogP contribution in [0.25, 0.3) is 0 Å². The molecule has 1 N–H and O–H groups in total. The molecule has 0 bridgehead atoms. The molecule has 1 heterocycles. The minimum Gasteiger partial charge on any atom is -0.493 e. The molecule has 0 aliphatic carbocycles. The Morgan fingerprint density at radius 1 is 1.50 bits per heavy atom. The van der Waals surface area contributed by atoms with Crippen molar-refractivity contribution in [3.05, 3.63) is 29.3 Å². The summed E-state index contributed by atoms with van der Waals surface area (Å²) < 4.78 is 10.7. The lowest BCUT2D eigenvalue weighted by atomic mass is 10.1. The quantitative estimate of drug-likeness (QED) is 0.821. The standard InChI is InChI=1S/C13H19NO2/c1-10(15-2)8-14-9-11-3-4-13-12(7-11)5-6-16-13/h3-4,7,10,14H,5-6,8-9H2,1-2H3. The number of hydrogen-bond acceptors (Lipinski definition) is 3. The number of nitrogens with one attached hydrogen (secondary N) is 1. The minimum absolute atomic E-state index is 0.262. The van der Waals surface area contributed by atoms with E-state index in [1.54, 1.807) is 7.11 Å². The molecule has 3 heteroatoms. The third-order valence-electron chi connectivity index (χ3n) is 2.92. The van der Waals surface area contributed by atoms with E-state index in [0.717, 1.165) is 31.9 Å². The zero-order valence-electron chi connectivity index (χ0n) is 9.95. The van der Waals surface area contributed by atoms with Crippen molar-refractivity contribution >= 4 is 0 Å². The Labute approximate surface area is 96.8 Å². The highest BCUT2D eigenvalue weighted by molar-refractivity contribution is 5.39. The molecular weight excluding hydrogens is 202 g/mol.